The van der Waals surface area contributed by atoms with Crippen molar-refractivity contribution in [2.75, 3.05) is 38.8 Å². The van der Waals surface area contributed by atoms with Crippen LogP contribution in [0.3, 0.4) is 0 Å². The van der Waals surface area contributed by atoms with E-state index in [0.717, 1.165) is 10.4 Å². The van der Waals surface area contributed by atoms with Crippen molar-refractivity contribution in [3.05, 3.63) is 33.7 Å². The van der Waals surface area contributed by atoms with E-state index in [4.69, 9.17) is 24.7 Å². The summed E-state index contributed by atoms with van der Waals surface area (Å²) in [5, 5.41) is 3.14. The summed E-state index contributed by atoms with van der Waals surface area (Å²) in [6.45, 7) is 7.31. The van der Waals surface area contributed by atoms with E-state index in [1.165, 1.54) is 23.3 Å². The van der Waals surface area contributed by atoms with Gasteiger partial charge in [-0.3, -0.25) is 9.59 Å². The van der Waals surface area contributed by atoms with Gasteiger partial charge >= 0.3 is 6.09 Å². The van der Waals surface area contributed by atoms with E-state index in [0.29, 0.717) is 55.0 Å². The molecule has 1 aromatic carbocycles. The summed E-state index contributed by atoms with van der Waals surface area (Å²) in [5.41, 5.74) is 6.93. The molecule has 0 saturated heterocycles. The highest BCUT2D eigenvalue weighted by Crippen LogP contribution is 2.40. The van der Waals surface area contributed by atoms with Gasteiger partial charge in [-0.2, -0.15) is 0 Å². The highest BCUT2D eigenvalue weighted by molar-refractivity contribution is 7.17. The second kappa shape index (κ2) is 11.1. The zero-order valence-electron chi connectivity index (χ0n) is 19.7. The van der Waals surface area contributed by atoms with Crippen molar-refractivity contribution >= 4 is 34.2 Å². The lowest BCUT2D eigenvalue weighted by Crippen LogP contribution is -2.35. The Morgan fingerprint density at radius 1 is 1.06 bits per heavy atom. The molecule has 3 rings (SSSR count). The minimum absolute atomic E-state index is 0.263. The largest absolute Gasteiger partial charge is 0.490 e. The molecule has 0 saturated carbocycles. The van der Waals surface area contributed by atoms with Gasteiger partial charge in [-0.05, 0) is 44.9 Å². The molecule has 34 heavy (non-hydrogen) atoms. The Morgan fingerprint density at radius 3 is 2.21 bits per heavy atom. The Hall–Kier alpha value is -3.47. The van der Waals surface area contributed by atoms with Crippen molar-refractivity contribution in [1.82, 2.24) is 4.90 Å². The number of hydrogen-bond donors (Lipinski definition) is 2. The van der Waals surface area contributed by atoms with E-state index in [9.17, 15) is 14.4 Å². The number of fused-ring (bicyclic) bond motifs is 1. The van der Waals surface area contributed by atoms with E-state index in [1.54, 1.807) is 12.1 Å². The van der Waals surface area contributed by atoms with Crippen LogP contribution in [0.5, 0.6) is 17.2 Å². The van der Waals surface area contributed by atoms with E-state index >= 15 is 0 Å². The molecule has 3 amide bonds. The summed E-state index contributed by atoms with van der Waals surface area (Å²) >= 11 is 1.22. The van der Waals surface area contributed by atoms with Crippen molar-refractivity contribution in [3.8, 4) is 17.2 Å². The van der Waals surface area contributed by atoms with Gasteiger partial charge in [0.1, 0.15) is 5.00 Å². The van der Waals surface area contributed by atoms with Gasteiger partial charge in [0.25, 0.3) is 11.8 Å². The van der Waals surface area contributed by atoms with Gasteiger partial charge in [0.05, 0.1) is 39.0 Å². The Morgan fingerprint density at radius 2 is 1.68 bits per heavy atom. The van der Waals surface area contributed by atoms with Crippen molar-refractivity contribution in [2.24, 2.45) is 5.73 Å². The van der Waals surface area contributed by atoms with Gasteiger partial charge in [0, 0.05) is 17.0 Å². The molecule has 2 aromatic rings. The van der Waals surface area contributed by atoms with E-state index < -0.39 is 17.9 Å². The molecule has 11 heteroatoms. The Bertz CT molecular complexity index is 1060. The summed E-state index contributed by atoms with van der Waals surface area (Å²) in [7, 11) is 1.32. The van der Waals surface area contributed by atoms with Crippen LogP contribution in [0.2, 0.25) is 0 Å². The summed E-state index contributed by atoms with van der Waals surface area (Å²) in [4.78, 5) is 39.7. The molecular weight excluding hydrogens is 462 g/mol. The van der Waals surface area contributed by atoms with Gasteiger partial charge in [0.15, 0.2) is 11.5 Å². The van der Waals surface area contributed by atoms with Gasteiger partial charge in [-0.15, -0.1) is 11.3 Å². The lowest BCUT2D eigenvalue weighted by molar-refractivity contribution is 0.0999. The number of primary amides is 1. The monoisotopic (exact) mass is 491 g/mol. The predicted molar refractivity (Wildman–Crippen MR) is 127 cm³/mol. The Kier molecular flexibility index (Phi) is 8.21. The molecule has 3 N–H and O–H groups in total. The first-order valence-corrected chi connectivity index (χ1v) is 11.8. The number of anilines is 1. The SMILES string of the molecule is CCOc1cc(C(=O)Nc2sc3c(c2C(N)=O)CCN(C(=O)OC)C3)cc(OCC)c1OCC. The van der Waals surface area contributed by atoms with E-state index in [-0.39, 0.29) is 17.7 Å². The zero-order valence-corrected chi connectivity index (χ0v) is 20.5. The average molecular weight is 492 g/mol. The average Bonchev–Trinajstić information content (AvgIpc) is 3.17. The minimum Gasteiger partial charge on any atom is -0.490 e. The van der Waals surface area contributed by atoms with Crippen LogP contribution in [0.4, 0.5) is 9.80 Å². The number of hydrogen-bond acceptors (Lipinski definition) is 8. The lowest BCUT2D eigenvalue weighted by atomic mass is 10.0. The number of methoxy groups -OCH3 is 1. The molecule has 1 aliphatic rings. The topological polar surface area (TPSA) is 129 Å². The van der Waals surface area contributed by atoms with Crippen LogP contribution in [0.15, 0.2) is 12.1 Å². The first-order valence-electron chi connectivity index (χ1n) is 11.0. The van der Waals surface area contributed by atoms with Crippen LogP contribution >= 0.6 is 11.3 Å². The molecule has 1 aromatic heterocycles. The quantitative estimate of drug-likeness (QED) is 0.550. The van der Waals surface area contributed by atoms with Crippen molar-refractivity contribution in [2.45, 2.75) is 33.7 Å². The molecule has 0 aliphatic carbocycles. The Labute approximate surface area is 201 Å². The highest BCUT2D eigenvalue weighted by atomic mass is 32.1. The highest BCUT2D eigenvalue weighted by Gasteiger charge is 2.30. The number of thiophene rings is 1. The molecular formula is C23H29N3O7S. The molecule has 10 nitrogen and oxygen atoms in total. The predicted octanol–water partition coefficient (Wildman–Crippen LogP) is 3.42. The molecule has 184 valence electrons. The number of amides is 3. The van der Waals surface area contributed by atoms with E-state index in [2.05, 4.69) is 5.32 Å². The van der Waals surface area contributed by atoms with Crippen molar-refractivity contribution in [1.29, 1.82) is 0 Å². The molecule has 0 unspecified atom stereocenters. The van der Waals surface area contributed by atoms with Crippen LogP contribution in [-0.2, 0) is 17.7 Å². The number of nitrogens with one attached hydrogen (secondary N) is 1. The normalized spacial score (nSPS) is 12.5. The van der Waals surface area contributed by atoms with Crippen molar-refractivity contribution in [3.63, 3.8) is 0 Å². The van der Waals surface area contributed by atoms with Crippen LogP contribution < -0.4 is 25.3 Å². The second-order valence-corrected chi connectivity index (χ2v) is 8.37. The maximum Gasteiger partial charge on any atom is 0.409 e. The summed E-state index contributed by atoms with van der Waals surface area (Å²) < 4.78 is 21.9. The van der Waals surface area contributed by atoms with Gasteiger partial charge in [-0.25, -0.2) is 4.79 Å². The maximum atomic E-state index is 13.2. The fourth-order valence-corrected chi connectivity index (χ4v) is 5.00. The van der Waals surface area contributed by atoms with Gasteiger partial charge in [-0.1, -0.05) is 0 Å². The number of rotatable bonds is 9. The zero-order chi connectivity index (χ0) is 24.8. The number of benzene rings is 1. The van der Waals surface area contributed by atoms with E-state index in [1.807, 2.05) is 20.8 Å². The maximum absolute atomic E-state index is 13.2. The fraction of sp³-hybridized carbons (Fsp3) is 0.435. The van der Waals surface area contributed by atoms with Gasteiger partial charge in [0.2, 0.25) is 5.75 Å². The molecule has 0 bridgehead atoms. The Balaban J connectivity index is 1.96. The number of ether oxygens (including phenoxy) is 4. The summed E-state index contributed by atoms with van der Waals surface area (Å²) in [6.07, 6.45) is -0.0206. The summed E-state index contributed by atoms with van der Waals surface area (Å²) in [6, 6.07) is 3.14. The number of nitrogens with zero attached hydrogens (tertiary/aromatic N) is 1. The fourth-order valence-electron chi connectivity index (χ4n) is 3.73. The van der Waals surface area contributed by atoms with Crippen LogP contribution in [0, 0.1) is 0 Å². The third kappa shape index (κ3) is 5.19. The molecule has 0 radical (unpaired) electrons. The standard InChI is InChI=1S/C23H29N3O7S/c1-5-31-15-10-13(11-16(32-6-2)19(15)33-7-3)21(28)25-22-18(20(24)27)14-8-9-26(23(29)30-4)12-17(14)34-22/h10-11H,5-9,12H2,1-4H3,(H2,24,27)(H,25,28). The van der Waals surface area contributed by atoms with Crippen LogP contribution in [-0.4, -0.2) is 56.3 Å². The number of nitrogens with two attached hydrogens (primary N) is 1. The molecule has 0 atom stereocenters. The third-order valence-electron chi connectivity index (χ3n) is 5.13. The molecule has 1 aliphatic heterocycles. The van der Waals surface area contributed by atoms with Crippen LogP contribution in [0.1, 0.15) is 51.9 Å². The molecule has 0 spiro atoms. The van der Waals surface area contributed by atoms with Crippen molar-refractivity contribution < 1.29 is 33.3 Å². The number of carbonyl (C=O) groups is 3. The van der Waals surface area contributed by atoms with Crippen LogP contribution in [0.25, 0.3) is 0 Å². The second-order valence-electron chi connectivity index (χ2n) is 7.27. The first kappa shape index (κ1) is 25.2. The first-order chi connectivity index (χ1) is 16.3. The minimum atomic E-state index is -0.643. The van der Waals surface area contributed by atoms with Gasteiger partial charge < -0.3 is 34.9 Å². The molecule has 2 heterocycles. The summed E-state index contributed by atoms with van der Waals surface area (Å²) in [5.74, 6) is 0.0894. The lowest BCUT2D eigenvalue weighted by Gasteiger charge is -2.25. The molecule has 0 fully saturated rings. The number of carbonyl (C=O) groups excluding carboxylic acids is 3. The smallest absolute Gasteiger partial charge is 0.409 e. The third-order valence-corrected chi connectivity index (χ3v) is 6.27.